The summed E-state index contributed by atoms with van der Waals surface area (Å²) in [4.78, 5) is 47.0. The number of aliphatic carboxylic acids is 1. The molecule has 0 radical (unpaired) electrons. The highest BCUT2D eigenvalue weighted by molar-refractivity contribution is 6.02. The molecule has 4 amide bonds. The van der Waals surface area contributed by atoms with Crippen LogP contribution in [0.15, 0.2) is 0 Å². The average Bonchev–Trinajstić information content (AvgIpc) is 2.38. The lowest BCUT2D eigenvalue weighted by Crippen LogP contribution is -2.62. The Morgan fingerprint density at radius 1 is 1.10 bits per heavy atom. The summed E-state index contributed by atoms with van der Waals surface area (Å²) < 4.78 is 0. The molecule has 8 heteroatoms. The van der Waals surface area contributed by atoms with E-state index in [1.54, 1.807) is 0 Å². The summed E-state index contributed by atoms with van der Waals surface area (Å²) in [5.74, 6) is -2.20. The minimum absolute atomic E-state index is 0.243. The van der Waals surface area contributed by atoms with Crippen molar-refractivity contribution in [3.8, 4) is 0 Å². The van der Waals surface area contributed by atoms with Crippen molar-refractivity contribution in [1.29, 1.82) is 0 Å². The molecule has 0 atom stereocenters. The Morgan fingerprint density at radius 2 is 1.65 bits per heavy atom. The molecule has 2 rings (SSSR count). The van der Waals surface area contributed by atoms with E-state index in [1.807, 2.05) is 0 Å². The van der Waals surface area contributed by atoms with Crippen LogP contribution < -0.4 is 10.6 Å². The maximum absolute atomic E-state index is 12.1. The number of imide groups is 1. The molecule has 1 heterocycles. The molecule has 20 heavy (non-hydrogen) atoms. The van der Waals surface area contributed by atoms with Crippen molar-refractivity contribution in [2.24, 2.45) is 0 Å². The van der Waals surface area contributed by atoms with Crippen LogP contribution in [0.1, 0.15) is 32.1 Å². The number of carbonyl (C=O) groups excluding carboxylic acids is 3. The number of hydrogen-bond donors (Lipinski definition) is 3. The fourth-order valence-electron chi connectivity index (χ4n) is 2.61. The number of hydrogen-bond acceptors (Lipinski definition) is 4. The number of carboxylic acids is 1. The van der Waals surface area contributed by atoms with E-state index in [2.05, 4.69) is 10.6 Å². The van der Waals surface area contributed by atoms with E-state index in [-0.39, 0.29) is 13.1 Å². The largest absolute Gasteiger partial charge is 0.480 e. The van der Waals surface area contributed by atoms with Gasteiger partial charge in [-0.05, 0) is 12.8 Å². The number of piperazine rings is 1. The van der Waals surface area contributed by atoms with Crippen molar-refractivity contribution in [2.45, 2.75) is 37.6 Å². The first-order valence-corrected chi connectivity index (χ1v) is 6.56. The lowest BCUT2D eigenvalue weighted by atomic mass is 9.82. The molecule has 0 spiro atoms. The maximum Gasteiger partial charge on any atom is 0.329 e. The van der Waals surface area contributed by atoms with Crippen molar-refractivity contribution in [3.63, 3.8) is 0 Å². The van der Waals surface area contributed by atoms with Crippen molar-refractivity contribution in [1.82, 2.24) is 15.5 Å². The third-order valence-electron chi connectivity index (χ3n) is 3.70. The Bertz CT molecular complexity index is 440. The van der Waals surface area contributed by atoms with E-state index in [1.165, 1.54) is 0 Å². The van der Waals surface area contributed by atoms with Crippen LogP contribution >= 0.6 is 0 Å². The number of amides is 4. The minimum atomic E-state index is -1.29. The van der Waals surface area contributed by atoms with E-state index in [0.29, 0.717) is 12.8 Å². The molecule has 0 unspecified atom stereocenters. The van der Waals surface area contributed by atoms with Crippen molar-refractivity contribution in [2.75, 3.05) is 13.1 Å². The van der Waals surface area contributed by atoms with Gasteiger partial charge in [-0.1, -0.05) is 19.3 Å². The topological polar surface area (TPSA) is 116 Å². The Morgan fingerprint density at radius 3 is 2.15 bits per heavy atom. The van der Waals surface area contributed by atoms with Crippen LogP contribution in [0, 0.1) is 0 Å². The third-order valence-corrected chi connectivity index (χ3v) is 3.70. The molecule has 8 nitrogen and oxygen atoms in total. The van der Waals surface area contributed by atoms with Gasteiger partial charge in [0.25, 0.3) is 0 Å². The number of rotatable bonds is 2. The maximum atomic E-state index is 12.1. The van der Waals surface area contributed by atoms with Crippen LogP contribution in [0.2, 0.25) is 0 Å². The Labute approximate surface area is 115 Å². The van der Waals surface area contributed by atoms with Gasteiger partial charge in [-0.25, -0.2) is 9.59 Å². The highest BCUT2D eigenvalue weighted by atomic mass is 16.4. The van der Waals surface area contributed by atoms with Gasteiger partial charge in [0.2, 0.25) is 11.8 Å². The monoisotopic (exact) mass is 283 g/mol. The second-order valence-electron chi connectivity index (χ2n) is 5.21. The first-order chi connectivity index (χ1) is 9.43. The summed E-state index contributed by atoms with van der Waals surface area (Å²) >= 11 is 0. The van der Waals surface area contributed by atoms with Gasteiger partial charge in [0, 0.05) is 0 Å². The van der Waals surface area contributed by atoms with E-state index >= 15 is 0 Å². The predicted molar refractivity (Wildman–Crippen MR) is 66.7 cm³/mol. The molecule has 2 fully saturated rings. The van der Waals surface area contributed by atoms with Crippen molar-refractivity contribution < 1.29 is 24.3 Å². The molecule has 1 saturated carbocycles. The highest BCUT2D eigenvalue weighted by Gasteiger charge is 2.42. The lowest BCUT2D eigenvalue weighted by Gasteiger charge is -2.36. The first kappa shape index (κ1) is 14.3. The first-order valence-electron chi connectivity index (χ1n) is 6.56. The summed E-state index contributed by atoms with van der Waals surface area (Å²) in [6, 6.07) is -0.683. The van der Waals surface area contributed by atoms with Gasteiger partial charge < -0.3 is 15.3 Å². The molecular weight excluding hydrogens is 266 g/mol. The number of urea groups is 1. The van der Waals surface area contributed by atoms with E-state index in [4.69, 9.17) is 0 Å². The SMILES string of the molecule is O=C1CN(C(=O)NC2(C(=O)O)CCCCC2)CC(=O)N1. The van der Waals surface area contributed by atoms with Gasteiger partial charge in [-0.15, -0.1) is 0 Å². The second kappa shape index (κ2) is 5.48. The quantitative estimate of drug-likeness (QED) is 0.588. The minimum Gasteiger partial charge on any atom is -0.480 e. The van der Waals surface area contributed by atoms with Crippen molar-refractivity contribution >= 4 is 23.8 Å². The van der Waals surface area contributed by atoms with Gasteiger partial charge in [0.05, 0.1) is 0 Å². The fourth-order valence-corrected chi connectivity index (χ4v) is 2.61. The zero-order valence-corrected chi connectivity index (χ0v) is 11.0. The molecular formula is C12H17N3O5. The third kappa shape index (κ3) is 2.89. The van der Waals surface area contributed by atoms with E-state index in [0.717, 1.165) is 24.2 Å². The molecule has 0 aromatic carbocycles. The summed E-state index contributed by atoms with van der Waals surface area (Å²) in [6.07, 6.45) is 3.12. The van der Waals surface area contributed by atoms with Gasteiger partial charge in [0.1, 0.15) is 18.6 Å². The average molecular weight is 283 g/mol. The molecule has 1 aliphatic carbocycles. The van der Waals surface area contributed by atoms with Crippen LogP contribution in [-0.4, -0.2) is 52.4 Å². The molecule has 1 saturated heterocycles. The lowest BCUT2D eigenvalue weighted by molar-refractivity contribution is -0.145. The summed E-state index contributed by atoms with van der Waals surface area (Å²) in [7, 11) is 0. The molecule has 0 bridgehead atoms. The molecule has 110 valence electrons. The zero-order valence-electron chi connectivity index (χ0n) is 11.0. The van der Waals surface area contributed by atoms with E-state index < -0.39 is 29.4 Å². The Kier molecular flexibility index (Phi) is 3.91. The summed E-state index contributed by atoms with van der Waals surface area (Å²) in [6.45, 7) is -0.486. The zero-order chi connectivity index (χ0) is 14.8. The van der Waals surface area contributed by atoms with Crippen LogP contribution in [0.4, 0.5) is 4.79 Å². The van der Waals surface area contributed by atoms with Gasteiger partial charge in [0.15, 0.2) is 0 Å². The van der Waals surface area contributed by atoms with Gasteiger partial charge >= 0.3 is 12.0 Å². The van der Waals surface area contributed by atoms with Crippen molar-refractivity contribution in [3.05, 3.63) is 0 Å². The van der Waals surface area contributed by atoms with Crippen LogP contribution in [0.5, 0.6) is 0 Å². The number of carboxylic acid groups (broad SMARTS) is 1. The smallest absolute Gasteiger partial charge is 0.329 e. The molecule has 0 aromatic heterocycles. The van der Waals surface area contributed by atoms with Gasteiger partial charge in [-0.2, -0.15) is 0 Å². The summed E-state index contributed by atoms with van der Waals surface area (Å²) in [5.41, 5.74) is -1.29. The number of nitrogens with zero attached hydrogens (tertiary/aromatic N) is 1. The molecule has 2 aliphatic rings. The number of nitrogens with one attached hydrogen (secondary N) is 2. The van der Waals surface area contributed by atoms with Crippen LogP contribution in [0.25, 0.3) is 0 Å². The van der Waals surface area contributed by atoms with E-state index in [9.17, 15) is 24.3 Å². The normalized spacial score (nSPS) is 22.1. The summed E-state index contributed by atoms with van der Waals surface area (Å²) in [5, 5.41) is 13.9. The van der Waals surface area contributed by atoms with Crippen LogP contribution in [-0.2, 0) is 14.4 Å². The Balaban J connectivity index is 2.06. The fraction of sp³-hybridized carbons (Fsp3) is 0.667. The predicted octanol–water partition coefficient (Wildman–Crippen LogP) is -0.558. The number of carbonyl (C=O) groups is 4. The van der Waals surface area contributed by atoms with Crippen LogP contribution in [0.3, 0.4) is 0 Å². The Hall–Kier alpha value is -2.12. The standard InChI is InChI=1S/C12H17N3O5/c16-8-6-15(7-9(17)13-8)11(20)14-12(10(18)19)4-2-1-3-5-12/h1-7H2,(H,14,20)(H,18,19)(H,13,16,17). The second-order valence-corrected chi connectivity index (χ2v) is 5.21. The molecule has 0 aromatic rings. The van der Waals surface area contributed by atoms with Gasteiger partial charge in [-0.3, -0.25) is 14.9 Å². The molecule has 3 N–H and O–H groups in total. The highest BCUT2D eigenvalue weighted by Crippen LogP contribution is 2.28. The molecule has 1 aliphatic heterocycles.